The molecule has 1 aliphatic rings. The van der Waals surface area contributed by atoms with E-state index >= 15 is 0 Å². The first-order valence-electron chi connectivity index (χ1n) is 9.43. The third-order valence-electron chi connectivity index (χ3n) is 4.66. The van der Waals surface area contributed by atoms with Crippen LogP contribution in [0.15, 0.2) is 42.5 Å². The van der Waals surface area contributed by atoms with Crippen LogP contribution in [0.3, 0.4) is 0 Å². The van der Waals surface area contributed by atoms with Crippen LogP contribution in [0.5, 0.6) is 11.5 Å². The number of aromatic nitrogens is 1. The molecule has 0 radical (unpaired) electrons. The SMILES string of the molecule is CCN(CC(=O)NCCc1nc2ccccc2s1)Cc1ccc2c(c1)OCO2. The minimum atomic E-state index is 0.0312. The maximum atomic E-state index is 12.3. The molecule has 2 aromatic carbocycles. The average molecular weight is 398 g/mol. The topological polar surface area (TPSA) is 63.7 Å². The summed E-state index contributed by atoms with van der Waals surface area (Å²) in [5, 5.41) is 4.06. The summed E-state index contributed by atoms with van der Waals surface area (Å²) in [6.45, 7) is 4.78. The van der Waals surface area contributed by atoms with Crippen LogP contribution in [-0.4, -0.2) is 42.2 Å². The van der Waals surface area contributed by atoms with Gasteiger partial charge in [-0.15, -0.1) is 11.3 Å². The lowest BCUT2D eigenvalue weighted by Crippen LogP contribution is -2.37. The van der Waals surface area contributed by atoms with Gasteiger partial charge in [0.05, 0.1) is 21.8 Å². The Morgan fingerprint density at radius 2 is 2.07 bits per heavy atom. The Kier molecular flexibility index (Phi) is 5.73. The summed E-state index contributed by atoms with van der Waals surface area (Å²) in [5.74, 6) is 1.58. The van der Waals surface area contributed by atoms with E-state index < -0.39 is 0 Å². The molecular formula is C21H23N3O3S. The van der Waals surface area contributed by atoms with E-state index in [2.05, 4.69) is 28.2 Å². The third-order valence-corrected chi connectivity index (χ3v) is 5.75. The number of carbonyl (C=O) groups is 1. The number of hydrogen-bond acceptors (Lipinski definition) is 6. The molecule has 6 nitrogen and oxygen atoms in total. The van der Waals surface area contributed by atoms with Crippen LogP contribution in [0.2, 0.25) is 0 Å². The summed E-state index contributed by atoms with van der Waals surface area (Å²) in [6, 6.07) is 14.0. The van der Waals surface area contributed by atoms with Gasteiger partial charge in [0.25, 0.3) is 0 Å². The molecule has 0 aliphatic carbocycles. The number of nitrogens with one attached hydrogen (secondary N) is 1. The van der Waals surface area contributed by atoms with Crippen molar-refractivity contribution in [3.05, 3.63) is 53.0 Å². The number of nitrogens with zero attached hydrogens (tertiary/aromatic N) is 2. The molecule has 7 heteroatoms. The zero-order valence-corrected chi connectivity index (χ0v) is 16.6. The van der Waals surface area contributed by atoms with E-state index in [-0.39, 0.29) is 12.7 Å². The molecule has 0 fully saturated rings. The average Bonchev–Trinajstić information content (AvgIpc) is 3.33. The Hall–Kier alpha value is -2.64. The van der Waals surface area contributed by atoms with Crippen LogP contribution in [0.25, 0.3) is 10.2 Å². The van der Waals surface area contributed by atoms with Crippen LogP contribution in [-0.2, 0) is 17.8 Å². The van der Waals surface area contributed by atoms with E-state index in [1.807, 2.05) is 36.4 Å². The zero-order valence-electron chi connectivity index (χ0n) is 15.8. The summed E-state index contributed by atoms with van der Waals surface area (Å²) in [7, 11) is 0. The highest BCUT2D eigenvalue weighted by Crippen LogP contribution is 2.32. The van der Waals surface area contributed by atoms with Crippen molar-refractivity contribution in [1.29, 1.82) is 0 Å². The standard InChI is InChI=1S/C21H23N3O3S/c1-2-24(12-15-7-8-17-18(11-15)27-14-26-17)13-20(25)22-10-9-21-23-16-5-3-4-6-19(16)28-21/h3-8,11H,2,9-10,12-14H2,1H3,(H,22,25). The van der Waals surface area contributed by atoms with E-state index in [0.717, 1.165) is 40.6 Å². The van der Waals surface area contributed by atoms with E-state index in [0.29, 0.717) is 19.6 Å². The van der Waals surface area contributed by atoms with Gasteiger partial charge in [-0.25, -0.2) is 4.98 Å². The molecule has 0 bridgehead atoms. The van der Waals surface area contributed by atoms with Crippen LogP contribution in [0, 0.1) is 0 Å². The van der Waals surface area contributed by atoms with Gasteiger partial charge in [-0.05, 0) is 36.4 Å². The molecule has 146 valence electrons. The molecule has 1 aromatic heterocycles. The molecule has 0 unspecified atom stereocenters. The molecular weight excluding hydrogens is 374 g/mol. The van der Waals surface area contributed by atoms with Gasteiger partial charge in [-0.3, -0.25) is 9.69 Å². The number of benzene rings is 2. The van der Waals surface area contributed by atoms with Crippen molar-refractivity contribution in [3.63, 3.8) is 0 Å². The number of ether oxygens (including phenoxy) is 2. The quantitative estimate of drug-likeness (QED) is 0.632. The van der Waals surface area contributed by atoms with Crippen molar-refractivity contribution in [2.24, 2.45) is 0 Å². The second-order valence-corrected chi connectivity index (χ2v) is 7.78. The van der Waals surface area contributed by atoms with Gasteiger partial charge < -0.3 is 14.8 Å². The first kappa shape index (κ1) is 18.7. The fourth-order valence-electron chi connectivity index (χ4n) is 3.17. The molecule has 0 atom stereocenters. The second-order valence-electron chi connectivity index (χ2n) is 6.67. The van der Waals surface area contributed by atoms with E-state index in [4.69, 9.17) is 9.47 Å². The summed E-state index contributed by atoms with van der Waals surface area (Å²) in [6.07, 6.45) is 0.749. The highest BCUT2D eigenvalue weighted by Gasteiger charge is 2.15. The largest absolute Gasteiger partial charge is 0.454 e. The highest BCUT2D eigenvalue weighted by atomic mass is 32.1. The van der Waals surface area contributed by atoms with Crippen molar-refractivity contribution in [2.75, 3.05) is 26.4 Å². The normalized spacial score (nSPS) is 12.6. The molecule has 1 N–H and O–H groups in total. The number of rotatable bonds is 8. The lowest BCUT2D eigenvalue weighted by molar-refractivity contribution is -0.122. The van der Waals surface area contributed by atoms with Gasteiger partial charge in [0.1, 0.15) is 0 Å². The Bertz CT molecular complexity index is 939. The number of fused-ring (bicyclic) bond motifs is 2. The first-order valence-corrected chi connectivity index (χ1v) is 10.2. The van der Waals surface area contributed by atoms with Crippen molar-refractivity contribution in [2.45, 2.75) is 19.9 Å². The molecule has 28 heavy (non-hydrogen) atoms. The van der Waals surface area contributed by atoms with Gasteiger partial charge in [0, 0.05) is 19.5 Å². The number of hydrogen-bond donors (Lipinski definition) is 1. The minimum Gasteiger partial charge on any atom is -0.454 e. The lowest BCUT2D eigenvalue weighted by Gasteiger charge is -2.20. The van der Waals surface area contributed by atoms with Crippen LogP contribution in [0.4, 0.5) is 0 Å². The Labute approximate surface area is 168 Å². The Morgan fingerprint density at radius 3 is 2.93 bits per heavy atom. The molecule has 0 saturated carbocycles. The number of carbonyl (C=O) groups excluding carboxylic acids is 1. The van der Waals surface area contributed by atoms with Gasteiger partial charge in [-0.2, -0.15) is 0 Å². The van der Waals surface area contributed by atoms with Gasteiger partial charge in [0.15, 0.2) is 11.5 Å². The number of amides is 1. The molecule has 3 aromatic rings. The van der Waals surface area contributed by atoms with E-state index in [1.54, 1.807) is 11.3 Å². The third kappa shape index (κ3) is 4.43. The predicted molar refractivity (Wildman–Crippen MR) is 110 cm³/mol. The van der Waals surface area contributed by atoms with E-state index in [9.17, 15) is 4.79 Å². The summed E-state index contributed by atoms with van der Waals surface area (Å²) >= 11 is 1.68. The summed E-state index contributed by atoms with van der Waals surface area (Å²) in [5.41, 5.74) is 2.13. The first-order chi connectivity index (χ1) is 13.7. The van der Waals surface area contributed by atoms with E-state index in [1.165, 1.54) is 4.70 Å². The smallest absolute Gasteiger partial charge is 0.234 e. The summed E-state index contributed by atoms with van der Waals surface area (Å²) < 4.78 is 12.0. The second kappa shape index (κ2) is 8.58. The molecule has 0 saturated heterocycles. The van der Waals surface area contributed by atoms with Crippen LogP contribution < -0.4 is 14.8 Å². The lowest BCUT2D eigenvalue weighted by atomic mass is 10.2. The van der Waals surface area contributed by atoms with Gasteiger partial charge >= 0.3 is 0 Å². The van der Waals surface area contributed by atoms with Gasteiger partial charge in [0.2, 0.25) is 12.7 Å². The highest BCUT2D eigenvalue weighted by molar-refractivity contribution is 7.18. The zero-order chi connectivity index (χ0) is 19.3. The molecule has 4 rings (SSSR count). The van der Waals surface area contributed by atoms with Crippen molar-refractivity contribution >= 4 is 27.5 Å². The Balaban J connectivity index is 1.26. The minimum absolute atomic E-state index is 0.0312. The molecule has 2 heterocycles. The fourth-order valence-corrected chi connectivity index (χ4v) is 4.14. The fraction of sp³-hybridized carbons (Fsp3) is 0.333. The number of thiazole rings is 1. The maximum Gasteiger partial charge on any atom is 0.234 e. The maximum absolute atomic E-state index is 12.3. The molecule has 1 amide bonds. The molecule has 0 spiro atoms. The summed E-state index contributed by atoms with van der Waals surface area (Å²) in [4.78, 5) is 19.0. The number of para-hydroxylation sites is 1. The predicted octanol–water partition coefficient (Wildman–Crippen LogP) is 3.21. The van der Waals surface area contributed by atoms with Crippen LogP contribution in [0.1, 0.15) is 17.5 Å². The monoisotopic (exact) mass is 397 g/mol. The van der Waals surface area contributed by atoms with Crippen LogP contribution >= 0.6 is 11.3 Å². The molecule has 1 aliphatic heterocycles. The Morgan fingerprint density at radius 1 is 1.21 bits per heavy atom. The number of likely N-dealkylation sites (N-methyl/N-ethyl adjacent to an activating group) is 1. The van der Waals surface area contributed by atoms with Gasteiger partial charge in [-0.1, -0.05) is 25.1 Å². The van der Waals surface area contributed by atoms with Crippen molar-refractivity contribution < 1.29 is 14.3 Å². The van der Waals surface area contributed by atoms with Crippen molar-refractivity contribution in [3.8, 4) is 11.5 Å². The van der Waals surface area contributed by atoms with Crippen molar-refractivity contribution in [1.82, 2.24) is 15.2 Å².